The van der Waals surface area contributed by atoms with E-state index in [0.29, 0.717) is 6.54 Å². The maximum Gasteiger partial charge on any atom is 0.252 e. The van der Waals surface area contributed by atoms with E-state index < -0.39 is 0 Å². The summed E-state index contributed by atoms with van der Waals surface area (Å²) in [5, 5.41) is 3.82. The zero-order valence-corrected chi connectivity index (χ0v) is 13.3. The van der Waals surface area contributed by atoms with Crippen LogP contribution in [-0.2, 0) is 11.9 Å². The largest absolute Gasteiger partial charge is 0.348 e. The third-order valence-electron chi connectivity index (χ3n) is 3.31. The minimum atomic E-state index is -0.00940. The summed E-state index contributed by atoms with van der Waals surface area (Å²) in [5.74, 6) is -0.00940. The van der Waals surface area contributed by atoms with Crippen molar-refractivity contribution in [2.45, 2.75) is 25.7 Å². The summed E-state index contributed by atoms with van der Waals surface area (Å²) in [7, 11) is 0. The number of halogens is 1. The number of amides is 1. The molecule has 1 N–H and O–H groups in total. The van der Waals surface area contributed by atoms with Crippen molar-refractivity contribution in [3.63, 3.8) is 0 Å². The van der Waals surface area contributed by atoms with Crippen LogP contribution in [0.3, 0.4) is 0 Å². The Bertz CT molecular complexity index is 602. The SMILES string of the molecule is Cc1cccc(C)c1C(=O)NCc1cccc(CBr)c1. The average molecular weight is 332 g/mol. The Labute approximate surface area is 128 Å². The second-order valence-electron chi connectivity index (χ2n) is 4.90. The number of hydrogen-bond donors (Lipinski definition) is 1. The molecule has 0 atom stereocenters. The van der Waals surface area contributed by atoms with Crippen molar-refractivity contribution >= 4 is 21.8 Å². The highest BCUT2D eigenvalue weighted by molar-refractivity contribution is 9.08. The van der Waals surface area contributed by atoms with Crippen molar-refractivity contribution in [3.8, 4) is 0 Å². The molecule has 2 aromatic rings. The van der Waals surface area contributed by atoms with Crippen molar-refractivity contribution in [3.05, 3.63) is 70.3 Å². The maximum atomic E-state index is 12.3. The van der Waals surface area contributed by atoms with Crippen molar-refractivity contribution in [2.75, 3.05) is 0 Å². The minimum absolute atomic E-state index is 0.00940. The molecule has 0 radical (unpaired) electrons. The van der Waals surface area contributed by atoms with Crippen LogP contribution in [0, 0.1) is 13.8 Å². The molecule has 0 aromatic heterocycles. The molecule has 0 saturated heterocycles. The van der Waals surface area contributed by atoms with Crippen LogP contribution in [0.4, 0.5) is 0 Å². The average Bonchev–Trinajstić information content (AvgIpc) is 2.45. The molecule has 0 unspecified atom stereocenters. The highest BCUT2D eigenvalue weighted by Gasteiger charge is 2.11. The Balaban J connectivity index is 2.09. The summed E-state index contributed by atoms with van der Waals surface area (Å²) in [6.07, 6.45) is 0. The summed E-state index contributed by atoms with van der Waals surface area (Å²) in [6.45, 7) is 4.48. The number of carbonyl (C=O) groups excluding carboxylic acids is 1. The van der Waals surface area contributed by atoms with Gasteiger partial charge in [-0.3, -0.25) is 4.79 Å². The van der Waals surface area contributed by atoms with Crippen LogP contribution in [0.2, 0.25) is 0 Å². The fourth-order valence-corrected chi connectivity index (χ4v) is 2.61. The van der Waals surface area contributed by atoms with Crippen LogP contribution < -0.4 is 5.32 Å². The van der Waals surface area contributed by atoms with Crippen molar-refractivity contribution in [1.29, 1.82) is 0 Å². The molecule has 0 spiro atoms. The molecule has 0 heterocycles. The first-order chi connectivity index (χ1) is 9.61. The first-order valence-corrected chi connectivity index (χ1v) is 7.72. The molecule has 2 aromatic carbocycles. The third-order valence-corrected chi connectivity index (χ3v) is 3.95. The van der Waals surface area contributed by atoms with Crippen molar-refractivity contribution in [2.24, 2.45) is 0 Å². The zero-order chi connectivity index (χ0) is 14.5. The Morgan fingerprint density at radius 1 is 1.05 bits per heavy atom. The van der Waals surface area contributed by atoms with E-state index in [1.165, 1.54) is 5.56 Å². The smallest absolute Gasteiger partial charge is 0.252 e. The van der Waals surface area contributed by atoms with Gasteiger partial charge in [0.25, 0.3) is 5.91 Å². The van der Waals surface area contributed by atoms with Crippen LogP contribution in [0.5, 0.6) is 0 Å². The Morgan fingerprint density at radius 3 is 2.30 bits per heavy atom. The molecule has 0 bridgehead atoms. The molecular weight excluding hydrogens is 314 g/mol. The van der Waals surface area contributed by atoms with Gasteiger partial charge in [-0.25, -0.2) is 0 Å². The Morgan fingerprint density at radius 2 is 1.65 bits per heavy atom. The lowest BCUT2D eigenvalue weighted by Gasteiger charge is -2.11. The van der Waals surface area contributed by atoms with Crippen LogP contribution in [-0.4, -0.2) is 5.91 Å². The van der Waals surface area contributed by atoms with Gasteiger partial charge in [0, 0.05) is 17.4 Å². The van der Waals surface area contributed by atoms with E-state index in [4.69, 9.17) is 0 Å². The van der Waals surface area contributed by atoms with Crippen LogP contribution in [0.25, 0.3) is 0 Å². The highest BCUT2D eigenvalue weighted by atomic mass is 79.9. The number of nitrogens with one attached hydrogen (secondary N) is 1. The van der Waals surface area contributed by atoms with E-state index >= 15 is 0 Å². The molecule has 20 heavy (non-hydrogen) atoms. The van der Waals surface area contributed by atoms with Crippen LogP contribution in [0.1, 0.15) is 32.6 Å². The van der Waals surface area contributed by atoms with Crippen molar-refractivity contribution < 1.29 is 4.79 Å². The van der Waals surface area contributed by atoms with Gasteiger partial charge in [0.1, 0.15) is 0 Å². The molecule has 0 aliphatic heterocycles. The van der Waals surface area contributed by atoms with Gasteiger partial charge in [0.05, 0.1) is 0 Å². The van der Waals surface area contributed by atoms with Gasteiger partial charge in [0.15, 0.2) is 0 Å². The summed E-state index contributed by atoms with van der Waals surface area (Å²) >= 11 is 3.44. The van der Waals surface area contributed by atoms with Crippen LogP contribution >= 0.6 is 15.9 Å². The van der Waals surface area contributed by atoms with E-state index in [1.54, 1.807) is 0 Å². The predicted octanol–water partition coefficient (Wildman–Crippen LogP) is 4.13. The van der Waals surface area contributed by atoms with E-state index in [2.05, 4.69) is 33.4 Å². The normalized spacial score (nSPS) is 10.3. The van der Waals surface area contributed by atoms with Gasteiger partial charge < -0.3 is 5.32 Å². The zero-order valence-electron chi connectivity index (χ0n) is 11.7. The molecule has 0 aliphatic rings. The number of hydrogen-bond acceptors (Lipinski definition) is 1. The van der Waals surface area contributed by atoms with E-state index in [-0.39, 0.29) is 5.91 Å². The fourth-order valence-electron chi connectivity index (χ4n) is 2.27. The van der Waals surface area contributed by atoms with Gasteiger partial charge >= 0.3 is 0 Å². The third kappa shape index (κ3) is 3.48. The first-order valence-electron chi connectivity index (χ1n) is 6.60. The second kappa shape index (κ2) is 6.71. The lowest BCUT2D eigenvalue weighted by molar-refractivity contribution is 0.0949. The van der Waals surface area contributed by atoms with Gasteiger partial charge in [0.2, 0.25) is 0 Å². The Hall–Kier alpha value is -1.61. The topological polar surface area (TPSA) is 29.1 Å². The minimum Gasteiger partial charge on any atom is -0.348 e. The summed E-state index contributed by atoms with van der Waals surface area (Å²) in [4.78, 5) is 12.3. The second-order valence-corrected chi connectivity index (χ2v) is 5.46. The number of aryl methyl sites for hydroxylation is 2. The van der Waals surface area contributed by atoms with E-state index in [1.807, 2.05) is 44.2 Å². The number of rotatable bonds is 4. The van der Waals surface area contributed by atoms with Gasteiger partial charge in [-0.1, -0.05) is 58.4 Å². The fraction of sp³-hybridized carbons (Fsp3) is 0.235. The predicted molar refractivity (Wildman–Crippen MR) is 86.2 cm³/mol. The highest BCUT2D eigenvalue weighted by Crippen LogP contribution is 2.14. The number of alkyl halides is 1. The van der Waals surface area contributed by atoms with Gasteiger partial charge in [-0.15, -0.1) is 0 Å². The molecule has 1 amide bonds. The summed E-state index contributed by atoms with van der Waals surface area (Å²) < 4.78 is 0. The monoisotopic (exact) mass is 331 g/mol. The molecule has 2 nitrogen and oxygen atoms in total. The van der Waals surface area contributed by atoms with E-state index in [9.17, 15) is 4.79 Å². The number of benzene rings is 2. The maximum absolute atomic E-state index is 12.3. The van der Waals surface area contributed by atoms with Gasteiger partial charge in [-0.2, -0.15) is 0 Å². The standard InChI is InChI=1S/C17H18BrNO/c1-12-5-3-6-13(2)16(12)17(20)19-11-15-8-4-7-14(9-15)10-18/h3-9H,10-11H2,1-2H3,(H,19,20). The Kier molecular flexibility index (Phi) is 4.96. The number of carbonyl (C=O) groups is 1. The lowest BCUT2D eigenvalue weighted by Crippen LogP contribution is -2.24. The van der Waals surface area contributed by atoms with E-state index in [0.717, 1.165) is 27.6 Å². The molecule has 104 valence electrons. The molecule has 0 saturated carbocycles. The first kappa shape index (κ1) is 14.8. The van der Waals surface area contributed by atoms with Crippen molar-refractivity contribution in [1.82, 2.24) is 5.32 Å². The molecule has 0 aliphatic carbocycles. The molecular formula is C17H18BrNO. The quantitative estimate of drug-likeness (QED) is 0.838. The van der Waals surface area contributed by atoms with Crippen LogP contribution in [0.15, 0.2) is 42.5 Å². The summed E-state index contributed by atoms with van der Waals surface area (Å²) in [6, 6.07) is 14.1. The molecule has 0 fully saturated rings. The molecule has 2 rings (SSSR count). The molecule has 3 heteroatoms. The van der Waals surface area contributed by atoms with Gasteiger partial charge in [-0.05, 0) is 36.1 Å². The summed E-state index contributed by atoms with van der Waals surface area (Å²) in [5.41, 5.74) is 5.13. The lowest BCUT2D eigenvalue weighted by atomic mass is 10.0.